The second kappa shape index (κ2) is 6.27. The van der Waals surface area contributed by atoms with Crippen LogP contribution in [0.3, 0.4) is 0 Å². The number of rotatable bonds is 4. The smallest absolute Gasteiger partial charge is 0.249 e. The fourth-order valence-electron chi connectivity index (χ4n) is 3.62. The first-order chi connectivity index (χ1) is 9.58. The van der Waals surface area contributed by atoms with Crippen molar-refractivity contribution in [1.82, 2.24) is 4.90 Å². The van der Waals surface area contributed by atoms with Crippen LogP contribution in [0.5, 0.6) is 0 Å². The lowest BCUT2D eigenvalue weighted by Crippen LogP contribution is -2.62. The van der Waals surface area contributed by atoms with Gasteiger partial charge >= 0.3 is 0 Å². The second-order valence-corrected chi connectivity index (χ2v) is 5.89. The Morgan fingerprint density at radius 2 is 2.05 bits per heavy atom. The van der Waals surface area contributed by atoms with Gasteiger partial charge in [0, 0.05) is 37.1 Å². The highest BCUT2D eigenvalue weighted by molar-refractivity contribution is 5.93. The maximum atomic E-state index is 12.3. The number of ether oxygens (including phenoxy) is 1. The van der Waals surface area contributed by atoms with E-state index in [2.05, 4.69) is 0 Å². The monoisotopic (exact) mass is 281 g/mol. The molecule has 0 aromatic rings. The van der Waals surface area contributed by atoms with Gasteiger partial charge in [0.15, 0.2) is 0 Å². The Morgan fingerprint density at radius 1 is 1.40 bits per heavy atom. The van der Waals surface area contributed by atoms with Gasteiger partial charge in [0.25, 0.3) is 0 Å². The molecule has 1 aliphatic carbocycles. The van der Waals surface area contributed by atoms with Crippen LogP contribution in [0.15, 0.2) is 11.6 Å². The summed E-state index contributed by atoms with van der Waals surface area (Å²) in [5, 5.41) is 10.2. The molecule has 4 heteroatoms. The minimum atomic E-state index is -0.260. The van der Waals surface area contributed by atoms with Gasteiger partial charge in [-0.2, -0.15) is 0 Å². The van der Waals surface area contributed by atoms with Gasteiger partial charge in [0.05, 0.1) is 12.2 Å². The summed E-state index contributed by atoms with van der Waals surface area (Å²) in [6.45, 7) is 8.09. The van der Waals surface area contributed by atoms with Gasteiger partial charge < -0.3 is 14.7 Å². The Balaban J connectivity index is 1.97. The molecule has 1 N–H and O–H groups in total. The minimum absolute atomic E-state index is 0.102. The Kier molecular flexibility index (Phi) is 4.86. The number of piperidine rings is 1. The Hall–Kier alpha value is -0.870. The van der Waals surface area contributed by atoms with E-state index in [1.165, 1.54) is 0 Å². The number of likely N-dealkylation sites (tertiary alicyclic amines) is 1. The van der Waals surface area contributed by atoms with Gasteiger partial charge in [-0.25, -0.2) is 0 Å². The van der Waals surface area contributed by atoms with Crippen LogP contribution in [0.25, 0.3) is 0 Å². The van der Waals surface area contributed by atoms with Crippen LogP contribution in [-0.2, 0) is 9.53 Å². The number of aliphatic hydroxyl groups is 1. The Morgan fingerprint density at radius 3 is 2.50 bits per heavy atom. The highest BCUT2D eigenvalue weighted by atomic mass is 16.5. The minimum Gasteiger partial charge on any atom is -0.392 e. The fourth-order valence-corrected chi connectivity index (χ4v) is 3.62. The average Bonchev–Trinajstić information content (AvgIpc) is 2.48. The molecule has 2 fully saturated rings. The van der Waals surface area contributed by atoms with Crippen LogP contribution in [0.1, 0.15) is 46.5 Å². The van der Waals surface area contributed by atoms with Crippen molar-refractivity contribution < 1.29 is 14.6 Å². The first kappa shape index (κ1) is 15.5. The summed E-state index contributed by atoms with van der Waals surface area (Å²) in [5.41, 5.74) is 0.784. The van der Waals surface area contributed by atoms with Crippen molar-refractivity contribution in [2.24, 2.45) is 5.41 Å². The van der Waals surface area contributed by atoms with E-state index in [0.29, 0.717) is 6.61 Å². The van der Waals surface area contributed by atoms with Crippen molar-refractivity contribution in [1.29, 1.82) is 0 Å². The number of aliphatic hydroxyl groups excluding tert-OH is 1. The maximum Gasteiger partial charge on any atom is 0.249 e. The van der Waals surface area contributed by atoms with Crippen molar-refractivity contribution in [2.45, 2.75) is 58.7 Å². The zero-order valence-electron chi connectivity index (χ0n) is 12.9. The van der Waals surface area contributed by atoms with Crippen molar-refractivity contribution in [3.05, 3.63) is 11.6 Å². The van der Waals surface area contributed by atoms with Crippen molar-refractivity contribution >= 4 is 5.91 Å². The normalized spacial score (nSPS) is 29.4. The number of hydrogen-bond acceptors (Lipinski definition) is 3. The van der Waals surface area contributed by atoms with E-state index in [4.69, 9.17) is 4.74 Å². The van der Waals surface area contributed by atoms with Crippen LogP contribution < -0.4 is 0 Å². The average molecular weight is 281 g/mol. The number of nitrogens with zero attached hydrogens (tertiary/aromatic N) is 1. The molecule has 0 aromatic carbocycles. The van der Waals surface area contributed by atoms with E-state index < -0.39 is 0 Å². The van der Waals surface area contributed by atoms with Gasteiger partial charge in [-0.3, -0.25) is 4.79 Å². The van der Waals surface area contributed by atoms with Crippen LogP contribution in [-0.4, -0.2) is 47.8 Å². The van der Waals surface area contributed by atoms with Crippen molar-refractivity contribution in [3.63, 3.8) is 0 Å². The van der Waals surface area contributed by atoms with Crippen molar-refractivity contribution in [3.8, 4) is 0 Å². The van der Waals surface area contributed by atoms with E-state index in [0.717, 1.165) is 44.3 Å². The summed E-state index contributed by atoms with van der Waals surface area (Å²) < 4.78 is 5.75. The molecule has 2 rings (SSSR count). The molecule has 1 aliphatic heterocycles. The topological polar surface area (TPSA) is 49.8 Å². The molecule has 0 radical (unpaired) electrons. The van der Waals surface area contributed by atoms with Crippen LogP contribution >= 0.6 is 0 Å². The molecule has 2 aliphatic rings. The lowest BCUT2D eigenvalue weighted by Gasteiger charge is -2.56. The molecule has 0 aromatic heterocycles. The predicted octanol–water partition coefficient (Wildman–Crippen LogP) is 2.12. The van der Waals surface area contributed by atoms with Crippen molar-refractivity contribution in [2.75, 3.05) is 19.7 Å². The highest BCUT2D eigenvalue weighted by Crippen LogP contribution is 2.51. The standard InChI is InChI=1S/C16H27NO3/c1-4-12(5-2)15(19)17-9-7-16(8-10-17)13(18)11-14(16)20-6-3/h4,13-14,18H,5-11H2,1-3H3/b12-4-/t13-,14-/m1/s1. The molecule has 20 heavy (non-hydrogen) atoms. The zero-order valence-corrected chi connectivity index (χ0v) is 12.9. The molecule has 114 valence electrons. The molecule has 0 bridgehead atoms. The molecule has 1 saturated carbocycles. The SMILES string of the molecule is C/C=C(/CC)C(=O)N1CCC2(CC1)[C@H](O)C[C@H]2OCC. The van der Waals surface area contributed by atoms with E-state index in [1.807, 2.05) is 31.7 Å². The first-order valence-corrected chi connectivity index (χ1v) is 7.83. The van der Waals surface area contributed by atoms with Gasteiger partial charge in [0.2, 0.25) is 5.91 Å². The third-order valence-corrected chi connectivity index (χ3v) is 5.10. The van der Waals surface area contributed by atoms with E-state index >= 15 is 0 Å². The summed E-state index contributed by atoms with van der Waals surface area (Å²) in [7, 11) is 0. The molecule has 4 nitrogen and oxygen atoms in total. The number of carbonyl (C=O) groups excluding carboxylic acids is 1. The summed E-state index contributed by atoms with van der Waals surface area (Å²) in [4.78, 5) is 14.3. The summed E-state index contributed by atoms with van der Waals surface area (Å²) in [5.74, 6) is 0.159. The molecular formula is C16H27NO3. The highest BCUT2D eigenvalue weighted by Gasteiger charge is 2.56. The second-order valence-electron chi connectivity index (χ2n) is 5.89. The van der Waals surface area contributed by atoms with E-state index in [-0.39, 0.29) is 23.5 Å². The third kappa shape index (κ3) is 2.51. The molecule has 1 spiro atoms. The quantitative estimate of drug-likeness (QED) is 0.803. The molecule has 1 saturated heterocycles. The lowest BCUT2D eigenvalue weighted by atomic mass is 9.58. The molecule has 0 unspecified atom stereocenters. The summed E-state index contributed by atoms with van der Waals surface area (Å²) >= 11 is 0. The Bertz CT molecular complexity index is 381. The predicted molar refractivity (Wildman–Crippen MR) is 78.3 cm³/mol. The Labute approximate surface area is 121 Å². The van der Waals surface area contributed by atoms with E-state index in [1.54, 1.807) is 0 Å². The maximum absolute atomic E-state index is 12.3. The third-order valence-electron chi connectivity index (χ3n) is 5.10. The molecule has 2 atom stereocenters. The number of hydrogen-bond donors (Lipinski definition) is 1. The molecular weight excluding hydrogens is 254 g/mol. The largest absolute Gasteiger partial charge is 0.392 e. The fraction of sp³-hybridized carbons (Fsp3) is 0.812. The van der Waals surface area contributed by atoms with Gasteiger partial charge in [-0.05, 0) is 33.1 Å². The molecule has 1 amide bonds. The van der Waals surface area contributed by atoms with Crippen LogP contribution in [0.2, 0.25) is 0 Å². The zero-order chi connectivity index (χ0) is 14.8. The lowest BCUT2D eigenvalue weighted by molar-refractivity contribution is -0.209. The van der Waals surface area contributed by atoms with Gasteiger partial charge in [-0.1, -0.05) is 13.0 Å². The first-order valence-electron chi connectivity index (χ1n) is 7.83. The summed E-state index contributed by atoms with van der Waals surface area (Å²) in [6, 6.07) is 0. The van der Waals surface area contributed by atoms with Crippen LogP contribution in [0, 0.1) is 5.41 Å². The van der Waals surface area contributed by atoms with Gasteiger partial charge in [0.1, 0.15) is 0 Å². The van der Waals surface area contributed by atoms with E-state index in [9.17, 15) is 9.90 Å². The van der Waals surface area contributed by atoms with Crippen LogP contribution in [0.4, 0.5) is 0 Å². The number of carbonyl (C=O) groups is 1. The number of allylic oxidation sites excluding steroid dienone is 1. The molecule has 1 heterocycles. The van der Waals surface area contributed by atoms with Gasteiger partial charge in [-0.15, -0.1) is 0 Å². The summed E-state index contributed by atoms with van der Waals surface area (Å²) in [6.07, 6.45) is 5.05. The number of amides is 1.